The summed E-state index contributed by atoms with van der Waals surface area (Å²) in [5.41, 5.74) is 1.84. The average Bonchev–Trinajstić information content (AvgIpc) is 3.15. The molecule has 0 fully saturated rings. The minimum Gasteiger partial charge on any atom is -0.451 e. The second-order valence-electron chi connectivity index (χ2n) is 5.00. The number of rotatable bonds is 1. The SMILES string of the molecule is N#Cc1cn(C(=O)c2cc3ccccc3o2)c2ccccc12. The largest absolute Gasteiger partial charge is 0.451 e. The molecule has 0 radical (unpaired) electrons. The van der Waals surface area contributed by atoms with E-state index in [4.69, 9.17) is 4.42 Å². The Morgan fingerprint density at radius 3 is 2.68 bits per heavy atom. The smallest absolute Gasteiger partial charge is 0.298 e. The lowest BCUT2D eigenvalue weighted by Crippen LogP contribution is -2.09. The van der Waals surface area contributed by atoms with Gasteiger partial charge in [0.1, 0.15) is 11.7 Å². The van der Waals surface area contributed by atoms with Crippen LogP contribution in [-0.4, -0.2) is 10.5 Å². The van der Waals surface area contributed by atoms with Crippen molar-refractivity contribution >= 4 is 27.8 Å². The van der Waals surface area contributed by atoms with Crippen molar-refractivity contribution in [3.8, 4) is 6.07 Å². The molecule has 0 atom stereocenters. The predicted octanol–water partition coefficient (Wildman–Crippen LogP) is 3.95. The third-order valence-electron chi connectivity index (χ3n) is 3.69. The molecule has 0 saturated carbocycles. The lowest BCUT2D eigenvalue weighted by Gasteiger charge is -2.00. The van der Waals surface area contributed by atoms with Crippen molar-refractivity contribution in [1.29, 1.82) is 5.26 Å². The molecule has 4 aromatic rings. The molecule has 0 N–H and O–H groups in total. The fourth-order valence-corrected chi connectivity index (χ4v) is 2.64. The average molecular weight is 286 g/mol. The molecular formula is C18H10N2O2. The van der Waals surface area contributed by atoms with Crippen LogP contribution in [0.5, 0.6) is 0 Å². The molecule has 2 aromatic carbocycles. The van der Waals surface area contributed by atoms with Crippen LogP contribution in [0.25, 0.3) is 21.9 Å². The van der Waals surface area contributed by atoms with Crippen LogP contribution in [0, 0.1) is 11.3 Å². The van der Waals surface area contributed by atoms with Crippen LogP contribution in [0.4, 0.5) is 0 Å². The van der Waals surface area contributed by atoms with Crippen LogP contribution >= 0.6 is 0 Å². The second-order valence-corrected chi connectivity index (χ2v) is 5.00. The Morgan fingerprint density at radius 1 is 1.09 bits per heavy atom. The highest BCUT2D eigenvalue weighted by Crippen LogP contribution is 2.24. The minimum absolute atomic E-state index is 0.256. The van der Waals surface area contributed by atoms with Gasteiger partial charge >= 0.3 is 0 Å². The summed E-state index contributed by atoms with van der Waals surface area (Å²) in [4.78, 5) is 12.7. The van der Waals surface area contributed by atoms with E-state index in [1.54, 1.807) is 12.3 Å². The summed E-state index contributed by atoms with van der Waals surface area (Å²) in [7, 11) is 0. The summed E-state index contributed by atoms with van der Waals surface area (Å²) in [5, 5.41) is 10.9. The van der Waals surface area contributed by atoms with Gasteiger partial charge in [-0.3, -0.25) is 9.36 Å². The maximum Gasteiger partial charge on any atom is 0.298 e. The number of furan rings is 1. The Labute approximate surface area is 125 Å². The van der Waals surface area contributed by atoms with Crippen LogP contribution in [0.1, 0.15) is 16.1 Å². The summed E-state index contributed by atoms with van der Waals surface area (Å²) in [6.45, 7) is 0. The number of carbonyl (C=O) groups excluding carboxylic acids is 1. The van der Waals surface area contributed by atoms with Gasteiger partial charge in [0.2, 0.25) is 0 Å². The molecule has 2 aromatic heterocycles. The number of fused-ring (bicyclic) bond motifs is 2. The summed E-state index contributed by atoms with van der Waals surface area (Å²) in [6, 6.07) is 18.6. The highest BCUT2D eigenvalue weighted by Gasteiger charge is 2.18. The van der Waals surface area contributed by atoms with Crippen molar-refractivity contribution in [2.75, 3.05) is 0 Å². The van der Waals surface area contributed by atoms with Gasteiger partial charge in [0.15, 0.2) is 5.76 Å². The molecule has 104 valence electrons. The third kappa shape index (κ3) is 1.73. The lowest BCUT2D eigenvalue weighted by molar-refractivity contribution is 0.0939. The standard InChI is InChI=1S/C18H10N2O2/c19-10-13-11-20(15-7-3-2-6-14(13)15)18(21)17-9-12-5-1-4-8-16(12)22-17/h1-9,11H. The predicted molar refractivity (Wildman–Crippen MR) is 82.6 cm³/mol. The zero-order valence-corrected chi connectivity index (χ0v) is 11.5. The Balaban J connectivity index is 1.91. The topological polar surface area (TPSA) is 58.9 Å². The molecule has 0 saturated heterocycles. The molecule has 0 unspecified atom stereocenters. The van der Waals surface area contributed by atoms with Gasteiger partial charge in [0, 0.05) is 17.0 Å². The quantitative estimate of drug-likeness (QED) is 0.532. The van der Waals surface area contributed by atoms with Crippen molar-refractivity contribution < 1.29 is 9.21 Å². The molecule has 0 spiro atoms. The Hall–Kier alpha value is -3.32. The van der Waals surface area contributed by atoms with Crippen molar-refractivity contribution in [2.24, 2.45) is 0 Å². The fraction of sp³-hybridized carbons (Fsp3) is 0. The maximum absolute atomic E-state index is 12.7. The number of aromatic nitrogens is 1. The van der Waals surface area contributed by atoms with Crippen LogP contribution in [0.2, 0.25) is 0 Å². The summed E-state index contributed by atoms with van der Waals surface area (Å²) in [5.74, 6) is -0.0275. The summed E-state index contributed by atoms with van der Waals surface area (Å²) in [6.07, 6.45) is 1.56. The van der Waals surface area contributed by atoms with Crippen LogP contribution < -0.4 is 0 Å². The van der Waals surface area contributed by atoms with Crippen molar-refractivity contribution in [3.63, 3.8) is 0 Å². The van der Waals surface area contributed by atoms with Crippen LogP contribution in [0.15, 0.2) is 65.2 Å². The molecule has 0 bridgehead atoms. The zero-order chi connectivity index (χ0) is 15.1. The van der Waals surface area contributed by atoms with Gasteiger partial charge in [-0.2, -0.15) is 5.26 Å². The van der Waals surface area contributed by atoms with E-state index in [1.807, 2.05) is 48.5 Å². The van der Waals surface area contributed by atoms with Gasteiger partial charge in [0.05, 0.1) is 11.1 Å². The molecule has 4 nitrogen and oxygen atoms in total. The van der Waals surface area contributed by atoms with E-state index in [0.717, 1.165) is 10.8 Å². The van der Waals surface area contributed by atoms with Gasteiger partial charge < -0.3 is 4.42 Å². The number of carbonyl (C=O) groups is 1. The monoisotopic (exact) mass is 286 g/mol. The molecule has 4 rings (SSSR count). The molecule has 4 heteroatoms. The number of hydrogen-bond donors (Lipinski definition) is 0. The lowest BCUT2D eigenvalue weighted by atomic mass is 10.2. The number of nitriles is 1. The summed E-state index contributed by atoms with van der Waals surface area (Å²) < 4.78 is 7.09. The van der Waals surface area contributed by atoms with Crippen molar-refractivity contribution in [1.82, 2.24) is 4.57 Å². The molecular weight excluding hydrogens is 276 g/mol. The zero-order valence-electron chi connectivity index (χ0n) is 11.5. The molecule has 2 heterocycles. The van der Waals surface area contributed by atoms with E-state index >= 15 is 0 Å². The van der Waals surface area contributed by atoms with E-state index in [-0.39, 0.29) is 11.7 Å². The van der Waals surface area contributed by atoms with Crippen molar-refractivity contribution in [2.45, 2.75) is 0 Å². The van der Waals surface area contributed by atoms with Gasteiger partial charge in [0.25, 0.3) is 5.91 Å². The number of nitrogens with zero attached hydrogens (tertiary/aromatic N) is 2. The van der Waals surface area contributed by atoms with Crippen molar-refractivity contribution in [3.05, 3.63) is 72.1 Å². The number of para-hydroxylation sites is 2. The second kappa shape index (κ2) is 4.61. The third-order valence-corrected chi connectivity index (χ3v) is 3.69. The van der Waals surface area contributed by atoms with E-state index in [1.165, 1.54) is 4.57 Å². The van der Waals surface area contributed by atoms with E-state index in [2.05, 4.69) is 6.07 Å². The maximum atomic E-state index is 12.7. The van der Waals surface area contributed by atoms with Gasteiger partial charge in [-0.05, 0) is 18.2 Å². The van der Waals surface area contributed by atoms with E-state index in [9.17, 15) is 10.1 Å². The number of benzene rings is 2. The highest BCUT2D eigenvalue weighted by atomic mass is 16.3. The van der Waals surface area contributed by atoms with E-state index < -0.39 is 0 Å². The summed E-state index contributed by atoms with van der Waals surface area (Å²) >= 11 is 0. The Morgan fingerprint density at radius 2 is 1.86 bits per heavy atom. The van der Waals surface area contributed by atoms with Gasteiger partial charge in [-0.1, -0.05) is 36.4 Å². The van der Waals surface area contributed by atoms with Gasteiger partial charge in [-0.25, -0.2) is 0 Å². The fourth-order valence-electron chi connectivity index (χ4n) is 2.64. The van der Waals surface area contributed by atoms with Crippen LogP contribution in [0.3, 0.4) is 0 Å². The first-order valence-corrected chi connectivity index (χ1v) is 6.81. The molecule has 0 amide bonds. The molecule has 22 heavy (non-hydrogen) atoms. The van der Waals surface area contributed by atoms with E-state index in [0.29, 0.717) is 16.7 Å². The minimum atomic E-state index is -0.283. The Bertz CT molecular complexity index is 1030. The first-order valence-electron chi connectivity index (χ1n) is 6.81. The molecule has 0 aliphatic carbocycles. The molecule has 0 aliphatic heterocycles. The van der Waals surface area contributed by atoms with Crippen LogP contribution in [-0.2, 0) is 0 Å². The number of hydrogen-bond acceptors (Lipinski definition) is 3. The normalized spacial score (nSPS) is 10.9. The first kappa shape index (κ1) is 12.4. The first-order chi connectivity index (χ1) is 10.8. The Kier molecular flexibility index (Phi) is 2.60. The van der Waals surface area contributed by atoms with Gasteiger partial charge in [-0.15, -0.1) is 0 Å². The molecule has 0 aliphatic rings. The highest BCUT2D eigenvalue weighted by molar-refractivity contribution is 6.03.